The minimum absolute atomic E-state index is 0.0547. The van der Waals surface area contributed by atoms with Crippen LogP contribution in [0, 0.1) is 0 Å². The van der Waals surface area contributed by atoms with Crippen molar-refractivity contribution >= 4 is 33.2 Å². The number of nitrogens with zero attached hydrogens (tertiary/aromatic N) is 2. The number of sulfonamides is 1. The molecule has 1 amide bonds. The number of anilines is 1. The number of halogens is 1. The second-order valence-electron chi connectivity index (χ2n) is 5.88. The van der Waals surface area contributed by atoms with Gasteiger partial charge in [-0.2, -0.15) is 0 Å². The van der Waals surface area contributed by atoms with Crippen molar-refractivity contribution in [3.63, 3.8) is 0 Å². The van der Waals surface area contributed by atoms with Gasteiger partial charge in [0.15, 0.2) is 0 Å². The van der Waals surface area contributed by atoms with E-state index in [0.29, 0.717) is 42.6 Å². The molecule has 0 unspecified atom stereocenters. The van der Waals surface area contributed by atoms with E-state index >= 15 is 0 Å². The summed E-state index contributed by atoms with van der Waals surface area (Å²) in [4.78, 5) is 14.3. The fraction of sp³-hybridized carbons (Fsp3) is 0.278. The van der Waals surface area contributed by atoms with Crippen molar-refractivity contribution in [3.8, 4) is 0 Å². The minimum Gasteiger partial charge on any atom is -0.378 e. The number of carbonyl (C=O) groups is 1. The first-order chi connectivity index (χ1) is 12.4. The highest BCUT2D eigenvalue weighted by molar-refractivity contribution is 7.92. The van der Waals surface area contributed by atoms with Crippen LogP contribution >= 0.6 is 11.6 Å². The molecule has 0 saturated carbocycles. The van der Waals surface area contributed by atoms with Crippen molar-refractivity contribution < 1.29 is 17.9 Å². The minimum atomic E-state index is -3.82. The fourth-order valence-electron chi connectivity index (χ4n) is 2.71. The lowest BCUT2D eigenvalue weighted by molar-refractivity contribution is 0.0302. The molecule has 0 atom stereocenters. The summed E-state index contributed by atoms with van der Waals surface area (Å²) in [6, 6.07) is 12.7. The summed E-state index contributed by atoms with van der Waals surface area (Å²) in [5.74, 6) is -0.198. The van der Waals surface area contributed by atoms with Gasteiger partial charge in [0.05, 0.1) is 23.8 Å². The summed E-state index contributed by atoms with van der Waals surface area (Å²) >= 11 is 5.96. The molecular formula is C18H19ClN2O4S. The van der Waals surface area contributed by atoms with E-state index in [0.717, 1.165) is 4.31 Å². The lowest BCUT2D eigenvalue weighted by Crippen LogP contribution is -2.40. The van der Waals surface area contributed by atoms with Crippen LogP contribution in [0.2, 0.25) is 5.02 Å². The molecule has 2 aromatic carbocycles. The normalized spacial score (nSPS) is 14.9. The molecule has 26 heavy (non-hydrogen) atoms. The molecule has 138 valence electrons. The molecule has 0 bridgehead atoms. The Hall–Kier alpha value is -2.09. The first-order valence-electron chi connectivity index (χ1n) is 8.11. The van der Waals surface area contributed by atoms with Gasteiger partial charge in [0.25, 0.3) is 15.9 Å². The molecule has 0 aliphatic carbocycles. The maximum atomic E-state index is 12.9. The van der Waals surface area contributed by atoms with Crippen LogP contribution in [-0.2, 0) is 14.8 Å². The Bertz CT molecular complexity index is 911. The number of rotatable bonds is 4. The second-order valence-corrected chi connectivity index (χ2v) is 8.29. The third-order valence-electron chi connectivity index (χ3n) is 4.21. The molecule has 0 aromatic heterocycles. The maximum Gasteiger partial charge on any atom is 0.264 e. The van der Waals surface area contributed by atoms with Crippen LogP contribution < -0.4 is 4.31 Å². The third-order valence-corrected chi connectivity index (χ3v) is 6.23. The average Bonchev–Trinajstić information content (AvgIpc) is 2.67. The van der Waals surface area contributed by atoms with Crippen molar-refractivity contribution in [3.05, 3.63) is 59.1 Å². The monoisotopic (exact) mass is 394 g/mol. The number of morpholine rings is 1. The molecule has 1 aliphatic heterocycles. The Balaban J connectivity index is 1.89. The van der Waals surface area contributed by atoms with Gasteiger partial charge in [-0.3, -0.25) is 9.10 Å². The van der Waals surface area contributed by atoms with Crippen molar-refractivity contribution in [1.29, 1.82) is 0 Å². The standard InChI is InChI=1S/C18H19ClN2O4S/c1-20(16-6-3-5-15(19)13-16)26(23,24)17-7-2-4-14(12-17)18(22)21-8-10-25-11-9-21/h2-7,12-13H,8-11H2,1H3. The van der Waals surface area contributed by atoms with Crippen LogP contribution in [0.3, 0.4) is 0 Å². The zero-order valence-electron chi connectivity index (χ0n) is 14.3. The summed E-state index contributed by atoms with van der Waals surface area (Å²) in [6.07, 6.45) is 0. The van der Waals surface area contributed by atoms with Crippen LogP contribution in [0.4, 0.5) is 5.69 Å². The quantitative estimate of drug-likeness (QED) is 0.799. The maximum absolute atomic E-state index is 12.9. The van der Waals surface area contributed by atoms with Gasteiger partial charge in [0.1, 0.15) is 0 Å². The van der Waals surface area contributed by atoms with Crippen LogP contribution in [-0.4, -0.2) is 52.6 Å². The Morgan fingerprint density at radius 1 is 1.12 bits per heavy atom. The van der Waals surface area contributed by atoms with E-state index in [9.17, 15) is 13.2 Å². The number of hydrogen-bond donors (Lipinski definition) is 0. The molecule has 2 aromatic rings. The first kappa shape index (κ1) is 18.7. The van der Waals surface area contributed by atoms with Gasteiger partial charge in [0, 0.05) is 30.7 Å². The Kier molecular flexibility index (Phi) is 5.50. The van der Waals surface area contributed by atoms with E-state index in [1.807, 2.05) is 0 Å². The van der Waals surface area contributed by atoms with Crippen molar-refractivity contribution in [2.45, 2.75) is 4.90 Å². The van der Waals surface area contributed by atoms with E-state index in [4.69, 9.17) is 16.3 Å². The van der Waals surface area contributed by atoms with Gasteiger partial charge in [-0.1, -0.05) is 23.7 Å². The number of ether oxygens (including phenoxy) is 1. The Morgan fingerprint density at radius 3 is 2.50 bits per heavy atom. The van der Waals surface area contributed by atoms with E-state index in [2.05, 4.69) is 0 Å². The Labute approximate surface area is 158 Å². The lowest BCUT2D eigenvalue weighted by atomic mass is 10.2. The van der Waals surface area contributed by atoms with Gasteiger partial charge < -0.3 is 9.64 Å². The number of hydrogen-bond acceptors (Lipinski definition) is 4. The molecule has 1 heterocycles. The molecule has 6 nitrogen and oxygen atoms in total. The molecule has 1 aliphatic rings. The van der Waals surface area contributed by atoms with E-state index in [1.54, 1.807) is 41.3 Å². The molecule has 0 radical (unpaired) electrons. The van der Waals surface area contributed by atoms with Gasteiger partial charge in [-0.25, -0.2) is 8.42 Å². The Morgan fingerprint density at radius 2 is 1.81 bits per heavy atom. The number of benzene rings is 2. The molecule has 0 N–H and O–H groups in total. The summed E-state index contributed by atoms with van der Waals surface area (Å²) in [7, 11) is -2.36. The predicted molar refractivity (Wildman–Crippen MR) is 100 cm³/mol. The summed E-state index contributed by atoms with van der Waals surface area (Å²) < 4.78 is 32.3. The highest BCUT2D eigenvalue weighted by Gasteiger charge is 2.24. The zero-order valence-corrected chi connectivity index (χ0v) is 15.8. The average molecular weight is 395 g/mol. The summed E-state index contributed by atoms with van der Waals surface area (Å²) in [5.41, 5.74) is 0.787. The second kappa shape index (κ2) is 7.65. The predicted octanol–water partition coefficient (Wildman–Crippen LogP) is 2.64. The molecule has 3 rings (SSSR count). The van der Waals surface area contributed by atoms with Crippen LogP contribution in [0.15, 0.2) is 53.4 Å². The highest BCUT2D eigenvalue weighted by atomic mass is 35.5. The highest BCUT2D eigenvalue weighted by Crippen LogP contribution is 2.25. The van der Waals surface area contributed by atoms with Gasteiger partial charge in [-0.15, -0.1) is 0 Å². The van der Waals surface area contributed by atoms with E-state index in [-0.39, 0.29) is 10.8 Å². The van der Waals surface area contributed by atoms with Crippen LogP contribution in [0.1, 0.15) is 10.4 Å². The summed E-state index contributed by atoms with van der Waals surface area (Å²) in [5, 5.41) is 0.445. The SMILES string of the molecule is CN(c1cccc(Cl)c1)S(=O)(=O)c1cccc(C(=O)N2CCOCC2)c1. The van der Waals surface area contributed by atoms with E-state index in [1.165, 1.54) is 19.2 Å². The van der Waals surface area contributed by atoms with Crippen LogP contribution in [0.25, 0.3) is 0 Å². The van der Waals surface area contributed by atoms with Gasteiger partial charge in [-0.05, 0) is 36.4 Å². The molecule has 1 saturated heterocycles. The van der Waals surface area contributed by atoms with Crippen LogP contribution in [0.5, 0.6) is 0 Å². The zero-order chi connectivity index (χ0) is 18.7. The van der Waals surface area contributed by atoms with Gasteiger partial charge >= 0.3 is 0 Å². The lowest BCUT2D eigenvalue weighted by Gasteiger charge is -2.27. The summed E-state index contributed by atoms with van der Waals surface area (Å²) in [6.45, 7) is 1.97. The third kappa shape index (κ3) is 3.85. The molecular weight excluding hydrogens is 376 g/mol. The smallest absolute Gasteiger partial charge is 0.264 e. The molecule has 8 heteroatoms. The largest absolute Gasteiger partial charge is 0.378 e. The molecule has 0 spiro atoms. The van der Waals surface area contributed by atoms with E-state index < -0.39 is 10.0 Å². The van der Waals surface area contributed by atoms with Gasteiger partial charge in [0.2, 0.25) is 0 Å². The van der Waals surface area contributed by atoms with Crippen molar-refractivity contribution in [1.82, 2.24) is 4.90 Å². The first-order valence-corrected chi connectivity index (χ1v) is 9.93. The van der Waals surface area contributed by atoms with Crippen molar-refractivity contribution in [2.75, 3.05) is 37.7 Å². The van der Waals surface area contributed by atoms with Crippen molar-refractivity contribution in [2.24, 2.45) is 0 Å². The topological polar surface area (TPSA) is 66.9 Å². The fourth-order valence-corrected chi connectivity index (χ4v) is 4.13. The number of carbonyl (C=O) groups excluding carboxylic acids is 1. The molecule has 1 fully saturated rings. The number of amides is 1.